The quantitative estimate of drug-likeness (QED) is 0.746. The number of nitrogens with zero attached hydrogens (tertiary/aromatic N) is 2. The number of aromatic carboxylic acids is 1. The largest absolute Gasteiger partial charge is 0.477 e. The van der Waals surface area contributed by atoms with E-state index in [2.05, 4.69) is 5.32 Å². The molecule has 0 aliphatic carbocycles. The number of amides is 1. The Hall–Kier alpha value is -2.62. The number of carbonyl (C=O) groups is 2. The second-order valence-corrected chi connectivity index (χ2v) is 4.30. The molecule has 1 heterocycles. The van der Waals surface area contributed by atoms with E-state index >= 15 is 0 Å². The lowest BCUT2D eigenvalue weighted by atomic mass is 10.1. The van der Waals surface area contributed by atoms with Crippen LogP contribution in [0.5, 0.6) is 0 Å². The molecule has 0 unspecified atom stereocenters. The second kappa shape index (κ2) is 6.52. The van der Waals surface area contributed by atoms with E-state index in [1.165, 1.54) is 6.92 Å². The average molecular weight is 277 g/mol. The van der Waals surface area contributed by atoms with Gasteiger partial charge >= 0.3 is 5.97 Å². The molecule has 0 saturated heterocycles. The highest BCUT2D eigenvalue weighted by Gasteiger charge is 2.17. The Kier molecular flexibility index (Phi) is 5.03. The standard InChI is InChI=1S/C13H15N3O4/c1-8-6-9(2)16(12(18)11(8)13(19)20)7-10(17)15-5-3-4-14/h6H,3,5,7H2,1-2H3,(H,15,17)(H,19,20). The molecule has 0 saturated carbocycles. The number of carboxylic acid groups (broad SMARTS) is 1. The summed E-state index contributed by atoms with van der Waals surface area (Å²) < 4.78 is 1.11. The van der Waals surface area contributed by atoms with Gasteiger partial charge in [-0.3, -0.25) is 9.59 Å². The van der Waals surface area contributed by atoms with Gasteiger partial charge in [0.1, 0.15) is 12.1 Å². The Morgan fingerprint density at radius 1 is 1.45 bits per heavy atom. The zero-order chi connectivity index (χ0) is 15.3. The molecule has 0 aliphatic heterocycles. The fraction of sp³-hybridized carbons (Fsp3) is 0.385. The Bertz CT molecular complexity index is 640. The first-order valence-corrected chi connectivity index (χ1v) is 5.96. The van der Waals surface area contributed by atoms with Crippen LogP contribution in [0.1, 0.15) is 28.0 Å². The van der Waals surface area contributed by atoms with Crippen LogP contribution >= 0.6 is 0 Å². The average Bonchev–Trinajstić information content (AvgIpc) is 2.34. The van der Waals surface area contributed by atoms with Gasteiger partial charge in [0.2, 0.25) is 5.91 Å². The number of nitriles is 1. The Balaban J connectivity index is 3.05. The zero-order valence-corrected chi connectivity index (χ0v) is 11.3. The molecule has 0 aliphatic rings. The lowest BCUT2D eigenvalue weighted by Gasteiger charge is -2.12. The molecular formula is C13H15N3O4. The number of carboxylic acids is 1. The molecule has 7 heteroatoms. The van der Waals surface area contributed by atoms with Crippen LogP contribution in [0.25, 0.3) is 0 Å². The Morgan fingerprint density at radius 3 is 2.65 bits per heavy atom. The molecule has 7 nitrogen and oxygen atoms in total. The van der Waals surface area contributed by atoms with Gasteiger partial charge in [0.15, 0.2) is 0 Å². The molecule has 0 atom stereocenters. The van der Waals surface area contributed by atoms with Gasteiger partial charge in [-0.05, 0) is 25.5 Å². The molecule has 1 aromatic heterocycles. The van der Waals surface area contributed by atoms with E-state index in [0.717, 1.165) is 4.57 Å². The molecule has 20 heavy (non-hydrogen) atoms. The zero-order valence-electron chi connectivity index (χ0n) is 11.3. The van der Waals surface area contributed by atoms with Crippen molar-refractivity contribution >= 4 is 11.9 Å². The Labute approximate surface area is 115 Å². The molecular weight excluding hydrogens is 262 g/mol. The number of pyridine rings is 1. The summed E-state index contributed by atoms with van der Waals surface area (Å²) in [7, 11) is 0. The number of nitrogens with one attached hydrogen (secondary N) is 1. The lowest BCUT2D eigenvalue weighted by Crippen LogP contribution is -2.36. The molecule has 0 spiro atoms. The van der Waals surface area contributed by atoms with Crippen LogP contribution in [0.2, 0.25) is 0 Å². The van der Waals surface area contributed by atoms with E-state index in [-0.39, 0.29) is 25.1 Å². The van der Waals surface area contributed by atoms with Crippen LogP contribution < -0.4 is 10.9 Å². The summed E-state index contributed by atoms with van der Waals surface area (Å²) in [6.07, 6.45) is 0.174. The fourth-order valence-electron chi connectivity index (χ4n) is 1.84. The van der Waals surface area contributed by atoms with Gasteiger partial charge in [-0.15, -0.1) is 0 Å². The summed E-state index contributed by atoms with van der Waals surface area (Å²) in [5.74, 6) is -1.75. The minimum Gasteiger partial charge on any atom is -0.477 e. The van der Waals surface area contributed by atoms with Crippen molar-refractivity contribution in [3.8, 4) is 6.07 Å². The van der Waals surface area contributed by atoms with Crippen LogP contribution in [0, 0.1) is 25.2 Å². The number of carbonyl (C=O) groups excluding carboxylic acids is 1. The third-order valence-corrected chi connectivity index (χ3v) is 2.78. The fourth-order valence-corrected chi connectivity index (χ4v) is 1.84. The number of aryl methyl sites for hydroxylation is 2. The molecule has 1 aromatic rings. The first-order valence-electron chi connectivity index (χ1n) is 5.96. The molecule has 0 bridgehead atoms. The van der Waals surface area contributed by atoms with Crippen molar-refractivity contribution < 1.29 is 14.7 Å². The smallest absolute Gasteiger partial charge is 0.341 e. The maximum Gasteiger partial charge on any atom is 0.341 e. The van der Waals surface area contributed by atoms with Gasteiger partial charge in [0, 0.05) is 12.2 Å². The molecule has 1 rings (SSSR count). The number of aromatic nitrogens is 1. The normalized spacial score (nSPS) is 9.85. The van der Waals surface area contributed by atoms with Crippen LogP contribution in [0.3, 0.4) is 0 Å². The van der Waals surface area contributed by atoms with E-state index in [9.17, 15) is 14.4 Å². The van der Waals surface area contributed by atoms with Gasteiger partial charge in [0.25, 0.3) is 5.56 Å². The minimum absolute atomic E-state index is 0.174. The molecule has 2 N–H and O–H groups in total. The molecule has 0 aromatic carbocycles. The predicted octanol–water partition coefficient (Wildman–Crippen LogP) is 0.193. The van der Waals surface area contributed by atoms with Crippen molar-refractivity contribution in [2.45, 2.75) is 26.8 Å². The highest BCUT2D eigenvalue weighted by molar-refractivity contribution is 5.89. The van der Waals surface area contributed by atoms with E-state index in [4.69, 9.17) is 10.4 Å². The topological polar surface area (TPSA) is 112 Å². The SMILES string of the molecule is Cc1cc(C)n(CC(=O)NCCC#N)c(=O)c1C(=O)O. The minimum atomic E-state index is -1.31. The van der Waals surface area contributed by atoms with E-state index < -0.39 is 17.4 Å². The van der Waals surface area contributed by atoms with E-state index in [1.54, 1.807) is 13.0 Å². The summed E-state index contributed by atoms with van der Waals surface area (Å²) >= 11 is 0. The van der Waals surface area contributed by atoms with Crippen molar-refractivity contribution in [1.82, 2.24) is 9.88 Å². The second-order valence-electron chi connectivity index (χ2n) is 4.30. The maximum absolute atomic E-state index is 12.1. The molecule has 106 valence electrons. The predicted molar refractivity (Wildman–Crippen MR) is 70.4 cm³/mol. The first kappa shape index (κ1) is 15.4. The van der Waals surface area contributed by atoms with Gasteiger partial charge in [-0.1, -0.05) is 0 Å². The van der Waals surface area contributed by atoms with E-state index in [0.29, 0.717) is 11.3 Å². The van der Waals surface area contributed by atoms with Crippen molar-refractivity contribution in [1.29, 1.82) is 5.26 Å². The molecule has 0 fully saturated rings. The third kappa shape index (κ3) is 3.45. The molecule has 0 radical (unpaired) electrons. The number of rotatable bonds is 5. The van der Waals surface area contributed by atoms with Crippen LogP contribution in [-0.4, -0.2) is 28.1 Å². The van der Waals surface area contributed by atoms with Crippen molar-refractivity contribution in [2.75, 3.05) is 6.54 Å². The number of hydrogen-bond acceptors (Lipinski definition) is 4. The summed E-state index contributed by atoms with van der Waals surface area (Å²) in [6, 6.07) is 3.43. The maximum atomic E-state index is 12.1. The highest BCUT2D eigenvalue weighted by Crippen LogP contribution is 2.06. The monoisotopic (exact) mass is 277 g/mol. The van der Waals surface area contributed by atoms with Crippen molar-refractivity contribution in [2.24, 2.45) is 0 Å². The summed E-state index contributed by atoms with van der Waals surface area (Å²) in [5, 5.41) is 19.9. The summed E-state index contributed by atoms with van der Waals surface area (Å²) in [6.45, 7) is 3.09. The highest BCUT2D eigenvalue weighted by atomic mass is 16.4. The van der Waals surface area contributed by atoms with Gasteiger partial charge in [-0.25, -0.2) is 4.79 Å². The first-order chi connectivity index (χ1) is 9.38. The van der Waals surface area contributed by atoms with E-state index in [1.807, 2.05) is 6.07 Å². The Morgan fingerprint density at radius 2 is 2.10 bits per heavy atom. The van der Waals surface area contributed by atoms with Crippen molar-refractivity contribution in [3.63, 3.8) is 0 Å². The van der Waals surface area contributed by atoms with Crippen molar-refractivity contribution in [3.05, 3.63) is 33.2 Å². The summed E-state index contributed by atoms with van der Waals surface area (Å²) in [5.41, 5.74) is -0.167. The van der Waals surface area contributed by atoms with Crippen LogP contribution in [0.4, 0.5) is 0 Å². The van der Waals surface area contributed by atoms with Gasteiger partial charge in [0.05, 0.1) is 12.5 Å². The van der Waals surface area contributed by atoms with Gasteiger partial charge in [-0.2, -0.15) is 5.26 Å². The number of hydrogen-bond donors (Lipinski definition) is 2. The third-order valence-electron chi connectivity index (χ3n) is 2.78. The van der Waals surface area contributed by atoms with Crippen LogP contribution in [0.15, 0.2) is 10.9 Å². The van der Waals surface area contributed by atoms with Gasteiger partial charge < -0.3 is 15.0 Å². The lowest BCUT2D eigenvalue weighted by molar-refractivity contribution is -0.121. The molecule has 1 amide bonds. The van der Waals surface area contributed by atoms with Crippen LogP contribution in [-0.2, 0) is 11.3 Å². The summed E-state index contributed by atoms with van der Waals surface area (Å²) in [4.78, 5) is 34.8.